The lowest BCUT2D eigenvalue weighted by atomic mass is 10.1. The number of carbonyl (C=O) groups excluding carboxylic acids is 1. The van der Waals surface area contributed by atoms with E-state index in [0.717, 1.165) is 19.1 Å². The van der Waals surface area contributed by atoms with E-state index in [1.807, 2.05) is 31.2 Å². The molecule has 0 radical (unpaired) electrons. The second-order valence-electron chi connectivity index (χ2n) is 4.63. The number of aldehydes is 1. The fraction of sp³-hybridized carbons (Fsp3) is 0.471. The van der Waals surface area contributed by atoms with Crippen molar-refractivity contribution in [1.29, 1.82) is 0 Å². The Morgan fingerprint density at radius 1 is 0.833 bits per heavy atom. The number of rotatable bonds is 9. The van der Waals surface area contributed by atoms with Crippen molar-refractivity contribution < 1.29 is 4.79 Å². The lowest BCUT2D eigenvalue weighted by Gasteiger charge is -1.99. The summed E-state index contributed by atoms with van der Waals surface area (Å²) in [7, 11) is 0. The Balaban J connectivity index is 3.86. The fourth-order valence-corrected chi connectivity index (χ4v) is 1.42. The Morgan fingerprint density at radius 3 is 1.89 bits per heavy atom. The van der Waals surface area contributed by atoms with Gasteiger partial charge in [0.05, 0.1) is 0 Å². The molecule has 1 heteroatoms. The molecule has 0 spiro atoms. The molecular weight excluding hydrogens is 220 g/mol. The van der Waals surface area contributed by atoms with Crippen molar-refractivity contribution in [3.8, 4) is 0 Å². The maximum atomic E-state index is 10.3. The first-order chi connectivity index (χ1) is 8.70. The van der Waals surface area contributed by atoms with Gasteiger partial charge in [0.25, 0.3) is 0 Å². The molecule has 0 aliphatic carbocycles. The van der Waals surface area contributed by atoms with Crippen LogP contribution in [0.4, 0.5) is 0 Å². The van der Waals surface area contributed by atoms with Crippen LogP contribution in [0.5, 0.6) is 0 Å². The van der Waals surface area contributed by atoms with Gasteiger partial charge in [0, 0.05) is 6.42 Å². The monoisotopic (exact) mass is 246 g/mol. The molecule has 0 saturated carbocycles. The van der Waals surface area contributed by atoms with E-state index in [-0.39, 0.29) is 0 Å². The van der Waals surface area contributed by atoms with Gasteiger partial charge in [0.2, 0.25) is 0 Å². The summed E-state index contributed by atoms with van der Waals surface area (Å²) < 4.78 is 0. The van der Waals surface area contributed by atoms with Gasteiger partial charge in [0.15, 0.2) is 0 Å². The first-order valence-corrected chi connectivity index (χ1v) is 6.81. The molecule has 0 aliphatic heterocycles. The van der Waals surface area contributed by atoms with Crippen LogP contribution in [-0.2, 0) is 4.79 Å². The molecule has 0 aromatic carbocycles. The largest absolute Gasteiger partial charge is 0.303 e. The average molecular weight is 246 g/mol. The van der Waals surface area contributed by atoms with E-state index in [4.69, 9.17) is 0 Å². The molecule has 0 fully saturated rings. The molecule has 18 heavy (non-hydrogen) atoms. The molecule has 0 aliphatic rings. The molecule has 2 atom stereocenters. The normalized spacial score (nSPS) is 16.2. The van der Waals surface area contributed by atoms with Crippen LogP contribution >= 0.6 is 0 Å². The first kappa shape index (κ1) is 16.6. The topological polar surface area (TPSA) is 17.1 Å². The molecule has 0 rings (SSSR count). The highest BCUT2D eigenvalue weighted by Crippen LogP contribution is 2.05. The van der Waals surface area contributed by atoms with Gasteiger partial charge in [-0.3, -0.25) is 0 Å². The zero-order chi connectivity index (χ0) is 13.6. The van der Waals surface area contributed by atoms with E-state index >= 15 is 0 Å². The maximum Gasteiger partial charge on any atom is 0.120 e. The van der Waals surface area contributed by atoms with Crippen molar-refractivity contribution in [1.82, 2.24) is 0 Å². The van der Waals surface area contributed by atoms with E-state index in [1.165, 1.54) is 0 Å². The maximum absolute atomic E-state index is 10.3. The summed E-state index contributed by atoms with van der Waals surface area (Å²) >= 11 is 0. The molecule has 0 bridgehead atoms. The van der Waals surface area contributed by atoms with Crippen LogP contribution in [0.3, 0.4) is 0 Å². The molecule has 1 nitrogen and oxygen atoms in total. The Hall–Kier alpha value is -1.37. The Kier molecular flexibility index (Phi) is 11.2. The Labute approximate surface area is 112 Å². The van der Waals surface area contributed by atoms with Crippen LogP contribution in [0.1, 0.15) is 40.0 Å². The molecule has 0 amide bonds. The van der Waals surface area contributed by atoms with E-state index < -0.39 is 0 Å². The van der Waals surface area contributed by atoms with Crippen LogP contribution in [-0.4, -0.2) is 6.29 Å². The third-order valence-electron chi connectivity index (χ3n) is 2.59. The second-order valence-corrected chi connectivity index (χ2v) is 4.63. The van der Waals surface area contributed by atoms with Gasteiger partial charge in [-0.2, -0.15) is 0 Å². The highest BCUT2D eigenvalue weighted by atomic mass is 16.1. The highest BCUT2D eigenvalue weighted by Gasteiger charge is 1.92. The molecule has 100 valence electrons. The third kappa shape index (κ3) is 11.1. The van der Waals surface area contributed by atoms with Crippen molar-refractivity contribution in [3.05, 3.63) is 48.6 Å². The van der Waals surface area contributed by atoms with Crippen LogP contribution in [0.15, 0.2) is 48.6 Å². The summed E-state index contributed by atoms with van der Waals surface area (Å²) in [5, 5.41) is 0. The number of allylic oxidation sites excluding steroid dienone is 8. The van der Waals surface area contributed by atoms with Crippen molar-refractivity contribution in [2.24, 2.45) is 11.8 Å². The molecule has 0 aromatic heterocycles. The smallest absolute Gasteiger partial charge is 0.120 e. The fourth-order valence-electron chi connectivity index (χ4n) is 1.42. The summed E-state index contributed by atoms with van der Waals surface area (Å²) in [6.45, 7) is 6.40. The highest BCUT2D eigenvalue weighted by molar-refractivity contribution is 5.50. The SMILES string of the molecule is CC/C=C\C[C@H](C)/C=C/C=C/C=C/[C@@H](C)CC=O. The minimum Gasteiger partial charge on any atom is -0.303 e. The molecule has 0 N–H and O–H groups in total. The Bertz CT molecular complexity index is 308. The van der Waals surface area contributed by atoms with Crippen molar-refractivity contribution in [3.63, 3.8) is 0 Å². The molecule has 0 heterocycles. The minimum absolute atomic E-state index is 0.328. The molecular formula is C17H26O. The van der Waals surface area contributed by atoms with Crippen LogP contribution in [0, 0.1) is 11.8 Å². The second kappa shape index (κ2) is 12.1. The van der Waals surface area contributed by atoms with E-state index in [0.29, 0.717) is 18.3 Å². The molecule has 0 saturated heterocycles. The van der Waals surface area contributed by atoms with Gasteiger partial charge in [-0.05, 0) is 24.7 Å². The summed E-state index contributed by atoms with van der Waals surface area (Å²) in [4.78, 5) is 10.3. The zero-order valence-electron chi connectivity index (χ0n) is 11.9. The van der Waals surface area contributed by atoms with E-state index in [1.54, 1.807) is 0 Å². The standard InChI is InChI=1S/C17H26O/c1-4-5-8-11-16(2)12-9-6-7-10-13-17(3)14-15-18/h5-10,12-13,15-17H,4,11,14H2,1-3H3/b7-6+,8-5-,12-9+,13-10+/t16-,17+/m0/s1. The van der Waals surface area contributed by atoms with Crippen molar-refractivity contribution >= 4 is 6.29 Å². The number of hydrogen-bond acceptors (Lipinski definition) is 1. The molecule has 0 unspecified atom stereocenters. The lowest BCUT2D eigenvalue weighted by Crippen LogP contribution is -1.88. The van der Waals surface area contributed by atoms with Crippen molar-refractivity contribution in [2.75, 3.05) is 0 Å². The predicted molar refractivity (Wildman–Crippen MR) is 80.5 cm³/mol. The third-order valence-corrected chi connectivity index (χ3v) is 2.59. The van der Waals surface area contributed by atoms with Gasteiger partial charge in [-0.15, -0.1) is 0 Å². The molecule has 0 aromatic rings. The number of hydrogen-bond donors (Lipinski definition) is 0. The average Bonchev–Trinajstić information content (AvgIpc) is 2.34. The lowest BCUT2D eigenvalue weighted by molar-refractivity contribution is -0.108. The van der Waals surface area contributed by atoms with Gasteiger partial charge in [-0.25, -0.2) is 0 Å². The van der Waals surface area contributed by atoms with E-state index in [2.05, 4.69) is 38.2 Å². The van der Waals surface area contributed by atoms with Gasteiger partial charge in [-0.1, -0.05) is 69.4 Å². The van der Waals surface area contributed by atoms with Crippen LogP contribution in [0.25, 0.3) is 0 Å². The summed E-state index contributed by atoms with van der Waals surface area (Å²) in [5.74, 6) is 0.907. The predicted octanol–water partition coefficient (Wildman–Crippen LogP) is 4.87. The quantitative estimate of drug-likeness (QED) is 0.322. The van der Waals surface area contributed by atoms with Crippen LogP contribution < -0.4 is 0 Å². The van der Waals surface area contributed by atoms with Gasteiger partial charge in [0.1, 0.15) is 6.29 Å². The Morgan fingerprint density at radius 2 is 1.39 bits per heavy atom. The van der Waals surface area contributed by atoms with Gasteiger partial charge < -0.3 is 4.79 Å². The number of carbonyl (C=O) groups is 1. The summed E-state index contributed by atoms with van der Waals surface area (Å²) in [5.41, 5.74) is 0. The van der Waals surface area contributed by atoms with Gasteiger partial charge >= 0.3 is 0 Å². The summed E-state index contributed by atoms with van der Waals surface area (Å²) in [6.07, 6.45) is 20.6. The first-order valence-electron chi connectivity index (χ1n) is 6.81. The van der Waals surface area contributed by atoms with E-state index in [9.17, 15) is 4.79 Å². The van der Waals surface area contributed by atoms with Crippen molar-refractivity contribution in [2.45, 2.75) is 40.0 Å². The zero-order valence-corrected chi connectivity index (χ0v) is 11.9. The van der Waals surface area contributed by atoms with Crippen LogP contribution in [0.2, 0.25) is 0 Å². The summed E-state index contributed by atoms with van der Waals surface area (Å²) in [6, 6.07) is 0. The minimum atomic E-state index is 0.328.